The number of imide groups is 2. The minimum atomic E-state index is -1.61. The summed E-state index contributed by atoms with van der Waals surface area (Å²) in [5, 5.41) is 21.6. The Hall–Kier alpha value is -5.23. The lowest BCUT2D eigenvalue weighted by atomic mass is 9.49. The molecule has 7 rings (SSSR count). The number of halogens is 2. The Morgan fingerprint density at radius 3 is 2.37 bits per heavy atom. The van der Waals surface area contributed by atoms with Gasteiger partial charge in [-0.3, -0.25) is 34.3 Å². The lowest BCUT2D eigenvalue weighted by Crippen LogP contribution is -2.53. The molecule has 0 bridgehead atoms. The van der Waals surface area contributed by atoms with E-state index < -0.39 is 76.8 Å². The third-order valence-electron chi connectivity index (χ3n) is 10.4. The summed E-state index contributed by atoms with van der Waals surface area (Å²) in [6, 6.07) is 16.5. The zero-order valence-corrected chi connectivity index (χ0v) is 26.9. The number of carbonyl (C=O) groups excluding carboxylic acids is 4. The number of phenolic OH excluding ortho intramolecular Hbond substituents is 1. The summed E-state index contributed by atoms with van der Waals surface area (Å²) < 4.78 is 19.1. The molecule has 49 heavy (non-hydrogen) atoms. The number of benzene rings is 3. The van der Waals surface area contributed by atoms with Gasteiger partial charge in [-0.05, 0) is 78.4 Å². The van der Waals surface area contributed by atoms with Crippen molar-refractivity contribution in [3.8, 4) is 11.5 Å². The molecule has 11 nitrogen and oxygen atoms in total. The average molecular weight is 688 g/mol. The second kappa shape index (κ2) is 12.0. The summed E-state index contributed by atoms with van der Waals surface area (Å²) in [6.45, 7) is -0.275. The van der Waals surface area contributed by atoms with Crippen LogP contribution in [0.15, 0.2) is 78.4 Å². The van der Waals surface area contributed by atoms with E-state index in [1.54, 1.807) is 36.4 Å². The van der Waals surface area contributed by atoms with Crippen molar-refractivity contribution in [2.75, 3.05) is 19.1 Å². The van der Waals surface area contributed by atoms with Gasteiger partial charge in [0.25, 0.3) is 11.8 Å². The summed E-state index contributed by atoms with van der Waals surface area (Å²) in [5.41, 5.74) is 3.15. The van der Waals surface area contributed by atoms with Crippen molar-refractivity contribution in [3.05, 3.63) is 100 Å². The second-order valence-corrected chi connectivity index (χ2v) is 13.2. The van der Waals surface area contributed by atoms with Gasteiger partial charge in [0.1, 0.15) is 5.82 Å². The summed E-state index contributed by atoms with van der Waals surface area (Å²) in [7, 11) is 1.40. The van der Waals surface area contributed by atoms with E-state index in [4.69, 9.17) is 16.3 Å². The summed E-state index contributed by atoms with van der Waals surface area (Å²) in [6.07, 6.45) is 1.62. The van der Waals surface area contributed by atoms with Gasteiger partial charge in [0.2, 0.25) is 11.8 Å². The van der Waals surface area contributed by atoms with Crippen LogP contribution < -0.4 is 10.2 Å². The fourth-order valence-electron chi connectivity index (χ4n) is 8.41. The van der Waals surface area contributed by atoms with E-state index in [2.05, 4.69) is 5.43 Å². The number of carbonyl (C=O) groups is 5. The van der Waals surface area contributed by atoms with Crippen LogP contribution in [0.2, 0.25) is 5.02 Å². The first-order valence-corrected chi connectivity index (χ1v) is 16.2. The number of likely N-dealkylation sites (tertiary alicyclic amines) is 1. The number of amides is 4. The number of fused-ring (bicyclic) bond motifs is 4. The number of ether oxygens (including phenoxy) is 1. The number of hydrazine groups is 1. The minimum Gasteiger partial charge on any atom is -0.504 e. The van der Waals surface area contributed by atoms with Crippen LogP contribution in [-0.4, -0.2) is 63.4 Å². The SMILES string of the molecule is COc1ccc([C@H]2C3=CC[C@@H]4C(=O)N(CCC(=O)O)C(=O)[C@@H]4[C@@H]3C[C@H]3C(=O)N(Nc4ccc(F)cc4)C(=O)[C@@]23c2ccc(Cl)cc2)cc1O. The maximum atomic E-state index is 15.1. The van der Waals surface area contributed by atoms with Gasteiger partial charge >= 0.3 is 5.97 Å². The Balaban J connectivity index is 1.43. The normalized spacial score (nSPS) is 27.4. The molecule has 3 aromatic rings. The Bertz CT molecular complexity index is 1930. The van der Waals surface area contributed by atoms with Crippen LogP contribution in [0.3, 0.4) is 0 Å². The van der Waals surface area contributed by atoms with Gasteiger partial charge in [0, 0.05) is 17.5 Å². The maximum absolute atomic E-state index is 15.1. The predicted octanol–water partition coefficient (Wildman–Crippen LogP) is 4.65. The first kappa shape index (κ1) is 32.3. The smallest absolute Gasteiger partial charge is 0.305 e. The average Bonchev–Trinajstić information content (AvgIpc) is 3.45. The molecule has 13 heteroatoms. The van der Waals surface area contributed by atoms with Gasteiger partial charge in [-0.25, -0.2) is 4.39 Å². The quantitative estimate of drug-likeness (QED) is 0.227. The molecule has 2 aliphatic heterocycles. The molecule has 2 saturated heterocycles. The molecular weight excluding hydrogens is 657 g/mol. The number of nitrogens with one attached hydrogen (secondary N) is 1. The molecule has 3 fully saturated rings. The largest absolute Gasteiger partial charge is 0.504 e. The number of carboxylic acid groups (broad SMARTS) is 1. The third-order valence-corrected chi connectivity index (χ3v) is 10.7. The number of carboxylic acids is 1. The zero-order valence-electron chi connectivity index (χ0n) is 26.1. The molecule has 0 spiro atoms. The van der Waals surface area contributed by atoms with Gasteiger partial charge in [0.15, 0.2) is 11.5 Å². The monoisotopic (exact) mass is 687 g/mol. The van der Waals surface area contributed by atoms with Gasteiger partial charge < -0.3 is 14.9 Å². The van der Waals surface area contributed by atoms with Crippen LogP contribution in [0.25, 0.3) is 0 Å². The van der Waals surface area contributed by atoms with Crippen LogP contribution in [-0.2, 0) is 29.4 Å². The highest BCUT2D eigenvalue weighted by Crippen LogP contribution is 2.64. The van der Waals surface area contributed by atoms with Crippen molar-refractivity contribution in [3.63, 3.8) is 0 Å². The molecule has 3 N–H and O–H groups in total. The molecule has 3 aromatic carbocycles. The van der Waals surface area contributed by atoms with Gasteiger partial charge in [0.05, 0.1) is 42.4 Å². The van der Waals surface area contributed by atoms with Crippen LogP contribution in [0, 0.1) is 29.5 Å². The number of anilines is 1. The van der Waals surface area contributed by atoms with Gasteiger partial charge in [-0.1, -0.05) is 41.4 Å². The molecular formula is C36H31ClFN3O8. The molecule has 0 radical (unpaired) electrons. The number of methoxy groups -OCH3 is 1. The highest BCUT2D eigenvalue weighted by Gasteiger charge is 2.70. The molecule has 2 aliphatic carbocycles. The topological polar surface area (TPSA) is 154 Å². The predicted molar refractivity (Wildman–Crippen MR) is 173 cm³/mol. The summed E-state index contributed by atoms with van der Waals surface area (Å²) in [4.78, 5) is 69.5. The fourth-order valence-corrected chi connectivity index (χ4v) is 8.54. The standard InChI is InChI=1S/C36H31ClFN3O8/c1-49-28-13-2-18(16-27(28)42)31-23-11-12-24-30(34(47)40(32(24)45)15-14-29(43)44)25(23)17-26-33(46)41(39-22-9-7-21(38)8-10-22)35(48)36(26,31)19-3-5-20(37)6-4-19/h2-11,13,16,24-26,30-31,39,42H,12,14-15,17H2,1H3,(H,43,44)/t24-,25+,26-,30-,31-,36+/m0/s1. The van der Waals surface area contributed by atoms with Crippen molar-refractivity contribution in [1.29, 1.82) is 0 Å². The molecule has 4 amide bonds. The van der Waals surface area contributed by atoms with Crippen molar-refractivity contribution >= 4 is 46.9 Å². The van der Waals surface area contributed by atoms with E-state index in [9.17, 15) is 33.8 Å². The molecule has 0 unspecified atom stereocenters. The summed E-state index contributed by atoms with van der Waals surface area (Å²) in [5.74, 6) is -8.15. The Kier molecular flexibility index (Phi) is 7.93. The van der Waals surface area contributed by atoms with E-state index in [1.807, 2.05) is 6.08 Å². The number of nitrogens with zero attached hydrogens (tertiary/aromatic N) is 2. The minimum absolute atomic E-state index is 0.0201. The van der Waals surface area contributed by atoms with E-state index in [-0.39, 0.29) is 36.6 Å². The number of hydrogen-bond acceptors (Lipinski definition) is 8. The van der Waals surface area contributed by atoms with E-state index in [1.165, 1.54) is 37.4 Å². The van der Waals surface area contributed by atoms with Crippen LogP contribution in [0.1, 0.15) is 36.3 Å². The Morgan fingerprint density at radius 2 is 1.71 bits per heavy atom. The van der Waals surface area contributed by atoms with Crippen molar-refractivity contribution in [1.82, 2.24) is 9.91 Å². The Morgan fingerprint density at radius 1 is 1.00 bits per heavy atom. The molecule has 1 saturated carbocycles. The first-order valence-electron chi connectivity index (χ1n) is 15.8. The summed E-state index contributed by atoms with van der Waals surface area (Å²) >= 11 is 6.30. The number of rotatable bonds is 8. The highest BCUT2D eigenvalue weighted by atomic mass is 35.5. The molecule has 252 valence electrons. The maximum Gasteiger partial charge on any atom is 0.305 e. The van der Waals surface area contributed by atoms with Gasteiger partial charge in [-0.15, -0.1) is 0 Å². The molecule has 0 aromatic heterocycles. The van der Waals surface area contributed by atoms with Crippen LogP contribution in [0.4, 0.5) is 10.1 Å². The van der Waals surface area contributed by atoms with E-state index in [0.717, 1.165) is 9.91 Å². The molecule has 2 heterocycles. The lowest BCUT2D eigenvalue weighted by Gasteiger charge is -2.50. The van der Waals surface area contributed by atoms with Crippen molar-refractivity contribution in [2.45, 2.75) is 30.6 Å². The van der Waals surface area contributed by atoms with E-state index >= 15 is 4.79 Å². The molecule has 4 aliphatic rings. The molecule has 6 atom stereocenters. The zero-order chi connectivity index (χ0) is 34.8. The second-order valence-electron chi connectivity index (χ2n) is 12.8. The Labute approximate surface area is 284 Å². The van der Waals surface area contributed by atoms with Crippen molar-refractivity contribution in [2.24, 2.45) is 23.7 Å². The van der Waals surface area contributed by atoms with Crippen LogP contribution >= 0.6 is 11.6 Å². The van der Waals surface area contributed by atoms with Crippen LogP contribution in [0.5, 0.6) is 11.5 Å². The van der Waals surface area contributed by atoms with Gasteiger partial charge in [-0.2, -0.15) is 5.01 Å². The van der Waals surface area contributed by atoms with Crippen molar-refractivity contribution < 1.29 is 43.3 Å². The highest BCUT2D eigenvalue weighted by molar-refractivity contribution is 6.30. The number of allylic oxidation sites excluding steroid dienone is 2. The third kappa shape index (κ3) is 4.96. The lowest BCUT2D eigenvalue weighted by molar-refractivity contribution is -0.143. The number of phenols is 1. The van der Waals surface area contributed by atoms with E-state index in [0.29, 0.717) is 21.7 Å². The number of aliphatic carboxylic acids is 1. The number of hydrogen-bond donors (Lipinski definition) is 3. The fraction of sp³-hybridized carbons (Fsp3) is 0.306. The number of aromatic hydroxyl groups is 1. The first-order chi connectivity index (χ1) is 23.5.